The molecule has 0 fully saturated rings. The predicted molar refractivity (Wildman–Crippen MR) is 74.6 cm³/mol. The molecule has 1 unspecified atom stereocenters. The highest BCUT2D eigenvalue weighted by Crippen LogP contribution is 2.13. The van der Waals surface area contributed by atoms with Gasteiger partial charge in [0.25, 0.3) is 0 Å². The highest BCUT2D eigenvalue weighted by molar-refractivity contribution is 7.85. The number of carbonyl (C=O) groups is 2. The summed E-state index contributed by atoms with van der Waals surface area (Å²) in [4.78, 5) is 23.9. The van der Waals surface area contributed by atoms with E-state index in [2.05, 4.69) is 0 Å². The lowest BCUT2D eigenvalue weighted by Crippen LogP contribution is -2.34. The molecule has 0 radical (unpaired) electrons. The Hall–Kier alpha value is -1.69. The Morgan fingerprint density at radius 3 is 2.42 bits per heavy atom. The van der Waals surface area contributed by atoms with E-state index in [9.17, 15) is 13.8 Å². The Labute approximate surface area is 114 Å². The molecule has 1 aromatic carbocycles. The van der Waals surface area contributed by atoms with E-state index in [0.29, 0.717) is 6.54 Å². The third-order valence-corrected chi connectivity index (χ3v) is 3.74. The Morgan fingerprint density at radius 1 is 1.26 bits per heavy atom. The van der Waals surface area contributed by atoms with Gasteiger partial charge in [-0.05, 0) is 19.1 Å². The van der Waals surface area contributed by atoms with E-state index in [4.69, 9.17) is 5.11 Å². The molecular formula is C13H17NO4S. The molecule has 1 aromatic rings. The highest BCUT2D eigenvalue weighted by atomic mass is 32.2. The van der Waals surface area contributed by atoms with Gasteiger partial charge in [-0.1, -0.05) is 18.2 Å². The normalized spacial score (nSPS) is 11.8. The van der Waals surface area contributed by atoms with Crippen molar-refractivity contribution in [3.8, 4) is 0 Å². The zero-order chi connectivity index (χ0) is 14.3. The van der Waals surface area contributed by atoms with Gasteiger partial charge in [-0.15, -0.1) is 0 Å². The van der Waals surface area contributed by atoms with Crippen molar-refractivity contribution in [3.63, 3.8) is 0 Å². The fourth-order valence-corrected chi connectivity index (χ4v) is 2.58. The molecule has 0 aromatic heterocycles. The molecule has 1 amide bonds. The number of para-hydroxylation sites is 1. The van der Waals surface area contributed by atoms with Crippen molar-refractivity contribution in [1.29, 1.82) is 0 Å². The maximum atomic E-state index is 12.0. The second kappa shape index (κ2) is 7.68. The number of benzene rings is 1. The molecule has 1 atom stereocenters. The maximum absolute atomic E-state index is 12.0. The van der Waals surface area contributed by atoms with Gasteiger partial charge >= 0.3 is 5.97 Å². The molecule has 0 aliphatic carbocycles. The van der Waals surface area contributed by atoms with Crippen molar-refractivity contribution < 1.29 is 18.9 Å². The van der Waals surface area contributed by atoms with Crippen LogP contribution in [0.2, 0.25) is 0 Å². The third-order valence-electron chi connectivity index (χ3n) is 2.51. The number of carboxylic acids is 1. The Kier molecular flexibility index (Phi) is 6.21. The first kappa shape index (κ1) is 15.4. The van der Waals surface area contributed by atoms with Crippen LogP contribution in [0.3, 0.4) is 0 Å². The fraction of sp³-hybridized carbons (Fsp3) is 0.385. The minimum Gasteiger partial charge on any atom is -0.481 e. The average Bonchev–Trinajstić information content (AvgIpc) is 2.38. The van der Waals surface area contributed by atoms with Crippen LogP contribution in [0.15, 0.2) is 30.3 Å². The van der Waals surface area contributed by atoms with Crippen LogP contribution in [0.5, 0.6) is 0 Å². The van der Waals surface area contributed by atoms with Gasteiger partial charge < -0.3 is 10.0 Å². The Balaban J connectivity index is 2.60. The van der Waals surface area contributed by atoms with Crippen molar-refractivity contribution in [2.24, 2.45) is 0 Å². The number of rotatable bonds is 7. The number of amides is 1. The lowest BCUT2D eigenvalue weighted by Gasteiger charge is -2.20. The molecule has 1 N–H and O–H groups in total. The topological polar surface area (TPSA) is 74.7 Å². The minimum absolute atomic E-state index is 0.00736. The van der Waals surface area contributed by atoms with Crippen molar-refractivity contribution in [2.75, 3.05) is 23.0 Å². The van der Waals surface area contributed by atoms with Gasteiger partial charge in [-0.2, -0.15) is 0 Å². The Morgan fingerprint density at radius 2 is 1.89 bits per heavy atom. The van der Waals surface area contributed by atoms with Gasteiger partial charge in [0, 0.05) is 28.8 Å². The fourth-order valence-electron chi connectivity index (χ4n) is 1.60. The first-order valence-electron chi connectivity index (χ1n) is 5.96. The summed E-state index contributed by atoms with van der Waals surface area (Å²) >= 11 is 0. The lowest BCUT2D eigenvalue weighted by molar-refractivity contribution is -0.136. The van der Waals surface area contributed by atoms with Gasteiger partial charge in [0.05, 0.1) is 6.42 Å². The van der Waals surface area contributed by atoms with E-state index in [0.717, 1.165) is 5.69 Å². The summed E-state index contributed by atoms with van der Waals surface area (Å²) < 4.78 is 11.6. The molecule has 104 valence electrons. The quantitative estimate of drug-likeness (QED) is 0.817. The smallest absolute Gasteiger partial charge is 0.304 e. The van der Waals surface area contributed by atoms with Gasteiger partial charge in [-0.25, -0.2) is 0 Å². The molecule has 0 bridgehead atoms. The molecule has 6 heteroatoms. The standard InChI is InChI=1S/C13H17NO4S/c1-2-14(11-6-4-3-5-7-11)12(15)10-19(18)9-8-13(16)17/h3-7H,2,8-10H2,1H3,(H,16,17). The minimum atomic E-state index is -1.44. The molecule has 0 aliphatic rings. The summed E-state index contributed by atoms with van der Waals surface area (Å²) in [5.41, 5.74) is 0.755. The number of anilines is 1. The predicted octanol–water partition coefficient (Wildman–Crippen LogP) is 1.26. The highest BCUT2D eigenvalue weighted by Gasteiger charge is 2.16. The summed E-state index contributed by atoms with van der Waals surface area (Å²) in [7, 11) is -1.44. The van der Waals surface area contributed by atoms with Gasteiger partial charge in [0.15, 0.2) is 0 Å². The summed E-state index contributed by atoms with van der Waals surface area (Å²) in [5.74, 6) is -1.39. The van der Waals surface area contributed by atoms with E-state index in [1.807, 2.05) is 37.3 Å². The molecule has 1 rings (SSSR count). The first-order chi connectivity index (χ1) is 9.04. The SMILES string of the molecule is CCN(C(=O)CS(=O)CCC(=O)O)c1ccccc1. The molecule has 0 aliphatic heterocycles. The number of carbonyl (C=O) groups excluding carboxylic acids is 1. The van der Waals surface area contributed by atoms with Gasteiger partial charge in [-0.3, -0.25) is 13.8 Å². The molecular weight excluding hydrogens is 266 g/mol. The van der Waals surface area contributed by atoms with Gasteiger partial charge in [0.2, 0.25) is 5.91 Å². The van der Waals surface area contributed by atoms with E-state index in [1.165, 1.54) is 0 Å². The molecule has 0 heterocycles. The van der Waals surface area contributed by atoms with Crippen LogP contribution in [0.1, 0.15) is 13.3 Å². The van der Waals surface area contributed by atoms with E-state index < -0.39 is 16.8 Å². The molecule has 0 spiro atoms. The van der Waals surface area contributed by atoms with Crippen molar-refractivity contribution in [2.45, 2.75) is 13.3 Å². The summed E-state index contributed by atoms with van der Waals surface area (Å²) in [5, 5.41) is 8.50. The van der Waals surface area contributed by atoms with Crippen LogP contribution in [0.25, 0.3) is 0 Å². The molecule has 5 nitrogen and oxygen atoms in total. The number of aliphatic carboxylic acids is 1. The second-order valence-electron chi connectivity index (χ2n) is 3.91. The first-order valence-corrected chi connectivity index (χ1v) is 7.45. The van der Waals surface area contributed by atoms with E-state index >= 15 is 0 Å². The van der Waals surface area contributed by atoms with Gasteiger partial charge in [0.1, 0.15) is 5.75 Å². The zero-order valence-corrected chi connectivity index (χ0v) is 11.6. The molecule has 0 saturated heterocycles. The third kappa shape index (κ3) is 5.21. The van der Waals surface area contributed by atoms with Crippen LogP contribution in [-0.2, 0) is 20.4 Å². The maximum Gasteiger partial charge on any atom is 0.304 e. The van der Waals surface area contributed by atoms with Crippen LogP contribution in [0, 0.1) is 0 Å². The van der Waals surface area contributed by atoms with Crippen LogP contribution >= 0.6 is 0 Å². The van der Waals surface area contributed by atoms with Crippen LogP contribution in [0.4, 0.5) is 5.69 Å². The summed E-state index contributed by atoms with van der Waals surface area (Å²) in [6.45, 7) is 2.32. The van der Waals surface area contributed by atoms with Crippen molar-refractivity contribution in [1.82, 2.24) is 0 Å². The number of hydrogen-bond acceptors (Lipinski definition) is 3. The van der Waals surface area contributed by atoms with Crippen LogP contribution in [-0.4, -0.2) is 39.2 Å². The zero-order valence-electron chi connectivity index (χ0n) is 10.7. The van der Waals surface area contributed by atoms with E-state index in [1.54, 1.807) is 4.90 Å². The molecule has 19 heavy (non-hydrogen) atoms. The Bertz CT molecular complexity index is 461. The number of hydrogen-bond donors (Lipinski definition) is 1. The lowest BCUT2D eigenvalue weighted by atomic mass is 10.3. The van der Waals surface area contributed by atoms with Crippen molar-refractivity contribution >= 4 is 28.4 Å². The second-order valence-corrected chi connectivity index (χ2v) is 5.48. The monoisotopic (exact) mass is 283 g/mol. The largest absolute Gasteiger partial charge is 0.481 e. The number of nitrogens with zero attached hydrogens (tertiary/aromatic N) is 1. The molecule has 0 saturated carbocycles. The van der Waals surface area contributed by atoms with Crippen molar-refractivity contribution in [3.05, 3.63) is 30.3 Å². The van der Waals surface area contributed by atoms with Crippen LogP contribution < -0.4 is 4.90 Å². The van der Waals surface area contributed by atoms with E-state index in [-0.39, 0.29) is 23.8 Å². The summed E-state index contributed by atoms with van der Waals surface area (Å²) in [6.07, 6.45) is -0.183. The average molecular weight is 283 g/mol. The number of carboxylic acid groups (broad SMARTS) is 1. The summed E-state index contributed by atoms with van der Waals surface area (Å²) in [6, 6.07) is 9.12.